The number of hydrogen-bond acceptors (Lipinski definition) is 3. The Bertz CT molecular complexity index is 610. The van der Waals surface area contributed by atoms with Crippen LogP contribution in [0.5, 0.6) is 5.75 Å². The van der Waals surface area contributed by atoms with Crippen molar-refractivity contribution in [3.63, 3.8) is 0 Å². The Morgan fingerprint density at radius 3 is 2.32 bits per heavy atom. The molecule has 0 radical (unpaired) electrons. The second kappa shape index (κ2) is 5.69. The molecule has 2 N–H and O–H groups in total. The molecule has 4 heteroatoms. The Kier molecular flexibility index (Phi) is 3.79. The smallest absolute Gasteiger partial charge is 0.228 e. The van der Waals surface area contributed by atoms with Gasteiger partial charge in [-0.15, -0.1) is 0 Å². The summed E-state index contributed by atoms with van der Waals surface area (Å²) < 4.78 is 0. The van der Waals surface area contributed by atoms with Crippen LogP contribution in [0.4, 0.5) is 5.69 Å². The lowest BCUT2D eigenvalue weighted by Gasteiger charge is -2.05. The van der Waals surface area contributed by atoms with E-state index in [1.54, 1.807) is 48.5 Å². The first-order valence-electron chi connectivity index (χ1n) is 5.75. The summed E-state index contributed by atoms with van der Waals surface area (Å²) in [7, 11) is 0. The van der Waals surface area contributed by atoms with Crippen LogP contribution >= 0.6 is 0 Å². The number of hydrogen-bond donors (Lipinski definition) is 2. The number of carbonyl (C=O) groups is 1. The fourth-order valence-corrected chi connectivity index (χ4v) is 1.63. The zero-order chi connectivity index (χ0) is 13.7. The SMILES string of the molecule is N#Cc1ccc(NC(=O)Cc2ccc(O)cc2)cc1. The maximum atomic E-state index is 11.8. The molecule has 4 nitrogen and oxygen atoms in total. The lowest BCUT2D eigenvalue weighted by Crippen LogP contribution is -2.14. The van der Waals surface area contributed by atoms with Gasteiger partial charge in [0.1, 0.15) is 5.75 Å². The summed E-state index contributed by atoms with van der Waals surface area (Å²) in [4.78, 5) is 11.8. The first kappa shape index (κ1) is 12.7. The van der Waals surface area contributed by atoms with Crippen molar-refractivity contribution in [2.45, 2.75) is 6.42 Å². The van der Waals surface area contributed by atoms with Crippen LogP contribution in [0, 0.1) is 11.3 Å². The second-order valence-corrected chi connectivity index (χ2v) is 4.08. The average molecular weight is 252 g/mol. The summed E-state index contributed by atoms with van der Waals surface area (Å²) >= 11 is 0. The Hall–Kier alpha value is -2.80. The van der Waals surface area contributed by atoms with E-state index in [9.17, 15) is 4.79 Å². The van der Waals surface area contributed by atoms with Crippen molar-refractivity contribution >= 4 is 11.6 Å². The summed E-state index contributed by atoms with van der Waals surface area (Å²) in [5, 5.41) is 20.6. The van der Waals surface area contributed by atoms with Gasteiger partial charge in [0.05, 0.1) is 18.1 Å². The van der Waals surface area contributed by atoms with Gasteiger partial charge in [0.2, 0.25) is 5.91 Å². The van der Waals surface area contributed by atoms with E-state index < -0.39 is 0 Å². The number of benzene rings is 2. The minimum absolute atomic E-state index is 0.143. The third kappa shape index (κ3) is 3.58. The minimum atomic E-state index is -0.143. The predicted molar refractivity (Wildman–Crippen MR) is 71.6 cm³/mol. The molecule has 0 saturated heterocycles. The molecular weight excluding hydrogens is 240 g/mol. The first-order chi connectivity index (χ1) is 9.17. The highest BCUT2D eigenvalue weighted by Crippen LogP contribution is 2.12. The van der Waals surface area contributed by atoms with Crippen molar-refractivity contribution in [3.8, 4) is 11.8 Å². The third-order valence-corrected chi connectivity index (χ3v) is 2.60. The Morgan fingerprint density at radius 1 is 1.11 bits per heavy atom. The highest BCUT2D eigenvalue weighted by molar-refractivity contribution is 5.92. The van der Waals surface area contributed by atoms with Gasteiger partial charge in [-0.25, -0.2) is 0 Å². The van der Waals surface area contributed by atoms with E-state index in [1.807, 2.05) is 6.07 Å². The second-order valence-electron chi connectivity index (χ2n) is 4.08. The molecule has 0 aliphatic heterocycles. The summed E-state index contributed by atoms with van der Waals surface area (Å²) in [6, 6.07) is 15.2. The van der Waals surface area contributed by atoms with Gasteiger partial charge in [0, 0.05) is 5.69 Å². The fourth-order valence-electron chi connectivity index (χ4n) is 1.63. The molecule has 94 valence electrons. The predicted octanol–water partition coefficient (Wildman–Crippen LogP) is 2.45. The molecule has 0 spiro atoms. The van der Waals surface area contributed by atoms with Crippen molar-refractivity contribution in [1.29, 1.82) is 5.26 Å². The van der Waals surface area contributed by atoms with Gasteiger partial charge in [-0.1, -0.05) is 12.1 Å². The Labute approximate surface area is 110 Å². The van der Waals surface area contributed by atoms with E-state index in [0.717, 1.165) is 5.56 Å². The maximum Gasteiger partial charge on any atom is 0.228 e. The van der Waals surface area contributed by atoms with Crippen LogP contribution in [-0.4, -0.2) is 11.0 Å². The maximum absolute atomic E-state index is 11.8. The zero-order valence-corrected chi connectivity index (χ0v) is 10.1. The monoisotopic (exact) mass is 252 g/mol. The summed E-state index contributed by atoms with van der Waals surface area (Å²) in [5.74, 6) is 0.0339. The molecule has 2 aromatic rings. The van der Waals surface area contributed by atoms with Crippen LogP contribution in [0.25, 0.3) is 0 Å². The number of aromatic hydroxyl groups is 1. The van der Waals surface area contributed by atoms with Crippen LogP contribution in [-0.2, 0) is 11.2 Å². The molecule has 0 heterocycles. The molecule has 0 aromatic heterocycles. The van der Waals surface area contributed by atoms with Gasteiger partial charge in [-0.05, 0) is 42.0 Å². The highest BCUT2D eigenvalue weighted by Gasteiger charge is 2.04. The first-order valence-corrected chi connectivity index (χ1v) is 5.75. The van der Waals surface area contributed by atoms with Gasteiger partial charge in [-0.2, -0.15) is 5.26 Å². The molecule has 0 aliphatic carbocycles. The van der Waals surface area contributed by atoms with Gasteiger partial charge < -0.3 is 10.4 Å². The lowest BCUT2D eigenvalue weighted by molar-refractivity contribution is -0.115. The summed E-state index contributed by atoms with van der Waals surface area (Å²) in [6.45, 7) is 0. The quantitative estimate of drug-likeness (QED) is 0.881. The van der Waals surface area contributed by atoms with Gasteiger partial charge in [0.25, 0.3) is 0 Å². The molecule has 2 rings (SSSR count). The zero-order valence-electron chi connectivity index (χ0n) is 10.1. The molecule has 0 saturated carbocycles. The van der Waals surface area contributed by atoms with Crippen LogP contribution < -0.4 is 5.32 Å². The summed E-state index contributed by atoms with van der Waals surface area (Å²) in [6.07, 6.45) is 0.236. The van der Waals surface area contributed by atoms with E-state index in [4.69, 9.17) is 10.4 Å². The molecule has 0 atom stereocenters. The minimum Gasteiger partial charge on any atom is -0.508 e. The topological polar surface area (TPSA) is 73.1 Å². The molecule has 0 fully saturated rings. The highest BCUT2D eigenvalue weighted by atomic mass is 16.3. The molecule has 0 bridgehead atoms. The number of phenolic OH excluding ortho intramolecular Hbond substituents is 1. The van der Waals surface area contributed by atoms with Crippen molar-refractivity contribution in [1.82, 2.24) is 0 Å². The number of carbonyl (C=O) groups excluding carboxylic acids is 1. The van der Waals surface area contributed by atoms with E-state index in [0.29, 0.717) is 11.3 Å². The van der Waals surface area contributed by atoms with Gasteiger partial charge >= 0.3 is 0 Å². The van der Waals surface area contributed by atoms with Crippen LogP contribution in [0.2, 0.25) is 0 Å². The van der Waals surface area contributed by atoms with Gasteiger partial charge in [-0.3, -0.25) is 4.79 Å². The van der Waals surface area contributed by atoms with E-state index in [-0.39, 0.29) is 18.1 Å². The number of nitriles is 1. The van der Waals surface area contributed by atoms with Crippen LogP contribution in [0.15, 0.2) is 48.5 Å². The fraction of sp³-hybridized carbons (Fsp3) is 0.0667. The van der Waals surface area contributed by atoms with E-state index >= 15 is 0 Å². The van der Waals surface area contributed by atoms with E-state index in [1.165, 1.54) is 0 Å². The van der Waals surface area contributed by atoms with Crippen molar-refractivity contribution in [3.05, 3.63) is 59.7 Å². The normalized spacial score (nSPS) is 9.63. The number of nitrogens with zero attached hydrogens (tertiary/aromatic N) is 1. The number of phenols is 1. The average Bonchev–Trinajstić information content (AvgIpc) is 2.42. The van der Waals surface area contributed by atoms with Crippen LogP contribution in [0.1, 0.15) is 11.1 Å². The van der Waals surface area contributed by atoms with Crippen LogP contribution in [0.3, 0.4) is 0 Å². The summed E-state index contributed by atoms with van der Waals surface area (Å²) in [5.41, 5.74) is 2.03. The molecule has 0 aliphatic rings. The van der Waals surface area contributed by atoms with E-state index in [2.05, 4.69) is 5.32 Å². The number of amides is 1. The van der Waals surface area contributed by atoms with Crippen molar-refractivity contribution in [2.75, 3.05) is 5.32 Å². The number of anilines is 1. The standard InChI is InChI=1S/C15H12N2O2/c16-10-12-1-5-13(6-2-12)17-15(19)9-11-3-7-14(18)8-4-11/h1-8,18H,9H2,(H,17,19). The molecule has 19 heavy (non-hydrogen) atoms. The van der Waals surface area contributed by atoms with Crippen molar-refractivity contribution in [2.24, 2.45) is 0 Å². The molecule has 1 amide bonds. The van der Waals surface area contributed by atoms with Crippen molar-refractivity contribution < 1.29 is 9.90 Å². The Balaban J connectivity index is 1.97. The number of rotatable bonds is 3. The molecule has 0 unspecified atom stereocenters. The Morgan fingerprint density at radius 2 is 1.74 bits per heavy atom. The third-order valence-electron chi connectivity index (χ3n) is 2.60. The molecular formula is C15H12N2O2. The largest absolute Gasteiger partial charge is 0.508 e. The lowest BCUT2D eigenvalue weighted by atomic mass is 10.1. The molecule has 2 aromatic carbocycles. The van der Waals surface area contributed by atoms with Gasteiger partial charge in [0.15, 0.2) is 0 Å². The number of nitrogens with one attached hydrogen (secondary N) is 1.